The predicted octanol–water partition coefficient (Wildman–Crippen LogP) is 0.278. The summed E-state index contributed by atoms with van der Waals surface area (Å²) in [6.07, 6.45) is 0.995. The summed E-state index contributed by atoms with van der Waals surface area (Å²) in [4.78, 5) is 25.4. The molecule has 25 heavy (non-hydrogen) atoms. The van der Waals surface area contributed by atoms with Crippen molar-refractivity contribution < 1.29 is 22.7 Å². The monoisotopic (exact) mass is 365 g/mol. The van der Waals surface area contributed by atoms with Gasteiger partial charge in [-0.05, 0) is 31.9 Å². The van der Waals surface area contributed by atoms with E-state index in [1.54, 1.807) is 25.2 Å². The zero-order valence-corrected chi connectivity index (χ0v) is 14.7. The standard InChI is InChI=1S/C16H19N3O5S/c1-10(16(21)17-11-7-8-11)24-14(20)9-19(2)15-12-5-3-4-6-13(12)25(22,23)18-15/h3-6,10-11H,7-9H2,1-2H3,(H,17,21)/t10-/m0/s1. The van der Waals surface area contributed by atoms with Crippen LogP contribution in [0.5, 0.6) is 0 Å². The molecule has 1 atom stereocenters. The summed E-state index contributed by atoms with van der Waals surface area (Å²) < 4.78 is 32.9. The lowest BCUT2D eigenvalue weighted by Crippen LogP contribution is -2.40. The molecule has 3 rings (SSSR count). The van der Waals surface area contributed by atoms with Crippen LogP contribution in [0.2, 0.25) is 0 Å². The van der Waals surface area contributed by atoms with E-state index >= 15 is 0 Å². The third-order valence-electron chi connectivity index (χ3n) is 3.94. The molecule has 1 aliphatic heterocycles. The SMILES string of the molecule is C[C@H](OC(=O)CN(C)C1=NS(=O)(=O)c2ccccc21)C(=O)NC1CC1. The molecule has 1 heterocycles. The summed E-state index contributed by atoms with van der Waals surface area (Å²) in [5.74, 6) is -0.780. The molecule has 2 aliphatic rings. The van der Waals surface area contributed by atoms with Crippen LogP contribution in [0.1, 0.15) is 25.3 Å². The largest absolute Gasteiger partial charge is 0.451 e. The van der Waals surface area contributed by atoms with Crippen LogP contribution < -0.4 is 5.32 Å². The molecule has 0 radical (unpaired) electrons. The van der Waals surface area contributed by atoms with Crippen LogP contribution in [0, 0.1) is 0 Å². The highest BCUT2D eigenvalue weighted by atomic mass is 32.2. The average molecular weight is 365 g/mol. The van der Waals surface area contributed by atoms with Gasteiger partial charge in [-0.25, -0.2) is 0 Å². The normalized spacial score (nSPS) is 18.7. The van der Waals surface area contributed by atoms with Crippen molar-refractivity contribution in [3.63, 3.8) is 0 Å². The number of hydrogen-bond donors (Lipinski definition) is 1. The molecule has 134 valence electrons. The summed E-state index contributed by atoms with van der Waals surface area (Å²) in [5.41, 5.74) is 0.442. The quantitative estimate of drug-likeness (QED) is 0.752. The number of amides is 1. The minimum atomic E-state index is -3.75. The fraction of sp³-hybridized carbons (Fsp3) is 0.438. The Balaban J connectivity index is 1.63. The molecular weight excluding hydrogens is 346 g/mol. The Morgan fingerprint density at radius 2 is 2.04 bits per heavy atom. The summed E-state index contributed by atoms with van der Waals surface area (Å²) in [6, 6.07) is 6.60. The number of benzene rings is 1. The van der Waals surface area contributed by atoms with Gasteiger partial charge in [-0.1, -0.05) is 12.1 Å². The minimum Gasteiger partial charge on any atom is -0.451 e. The number of carbonyl (C=O) groups excluding carboxylic acids is 2. The van der Waals surface area contributed by atoms with E-state index in [0.29, 0.717) is 5.56 Å². The average Bonchev–Trinajstić information content (AvgIpc) is 3.31. The summed E-state index contributed by atoms with van der Waals surface area (Å²) in [5, 5.41) is 2.76. The number of nitrogens with one attached hydrogen (secondary N) is 1. The van der Waals surface area contributed by atoms with Gasteiger partial charge in [0.1, 0.15) is 11.4 Å². The number of likely N-dealkylation sites (N-methyl/N-ethyl adjacent to an activating group) is 1. The molecule has 0 aromatic heterocycles. The van der Waals surface area contributed by atoms with Crippen LogP contribution in [0.25, 0.3) is 0 Å². The third kappa shape index (κ3) is 3.81. The van der Waals surface area contributed by atoms with Crippen LogP contribution in [0.15, 0.2) is 33.6 Å². The molecule has 1 amide bonds. The van der Waals surface area contributed by atoms with Gasteiger partial charge in [-0.15, -0.1) is 4.40 Å². The first-order chi connectivity index (χ1) is 11.8. The number of carbonyl (C=O) groups is 2. The number of hydrogen-bond acceptors (Lipinski definition) is 6. The molecule has 1 N–H and O–H groups in total. The third-order valence-corrected chi connectivity index (χ3v) is 5.27. The Bertz CT molecular complexity index is 845. The van der Waals surface area contributed by atoms with E-state index < -0.39 is 22.1 Å². The van der Waals surface area contributed by atoms with Gasteiger partial charge >= 0.3 is 5.97 Å². The van der Waals surface area contributed by atoms with Gasteiger partial charge in [0.15, 0.2) is 11.9 Å². The number of nitrogens with zero attached hydrogens (tertiary/aromatic N) is 2. The Morgan fingerprint density at radius 1 is 1.36 bits per heavy atom. The number of esters is 1. The molecule has 1 saturated carbocycles. The smallest absolute Gasteiger partial charge is 0.326 e. The first-order valence-corrected chi connectivity index (χ1v) is 9.37. The second-order valence-corrected chi connectivity index (χ2v) is 7.73. The molecule has 1 aromatic carbocycles. The molecule has 0 spiro atoms. The maximum absolute atomic E-state index is 12.1. The molecule has 0 unspecified atom stereocenters. The molecule has 0 saturated heterocycles. The number of ether oxygens (including phenoxy) is 1. The van der Waals surface area contributed by atoms with E-state index in [1.165, 1.54) is 17.9 Å². The van der Waals surface area contributed by atoms with E-state index in [1.807, 2.05) is 0 Å². The predicted molar refractivity (Wildman–Crippen MR) is 89.5 cm³/mol. The van der Waals surface area contributed by atoms with Crippen molar-refractivity contribution >= 4 is 27.7 Å². The maximum atomic E-state index is 12.1. The van der Waals surface area contributed by atoms with Crippen molar-refractivity contribution in [3.05, 3.63) is 29.8 Å². The Hall–Kier alpha value is -2.42. The fourth-order valence-corrected chi connectivity index (χ4v) is 3.72. The first-order valence-electron chi connectivity index (χ1n) is 7.93. The first kappa shape index (κ1) is 17.4. The van der Waals surface area contributed by atoms with Gasteiger partial charge in [0.2, 0.25) is 0 Å². The lowest BCUT2D eigenvalue weighted by atomic mass is 10.2. The molecule has 1 aliphatic carbocycles. The number of amidine groups is 1. The Morgan fingerprint density at radius 3 is 2.72 bits per heavy atom. The van der Waals surface area contributed by atoms with Gasteiger partial charge in [0.25, 0.3) is 15.9 Å². The highest BCUT2D eigenvalue weighted by molar-refractivity contribution is 7.90. The van der Waals surface area contributed by atoms with Gasteiger partial charge < -0.3 is 15.0 Å². The van der Waals surface area contributed by atoms with Crippen molar-refractivity contribution in [2.24, 2.45) is 4.40 Å². The van der Waals surface area contributed by atoms with Crippen LogP contribution in [-0.4, -0.2) is 56.8 Å². The van der Waals surface area contributed by atoms with E-state index in [0.717, 1.165) is 12.8 Å². The van der Waals surface area contributed by atoms with Gasteiger partial charge in [0.05, 0.1) is 0 Å². The zero-order chi connectivity index (χ0) is 18.2. The molecular formula is C16H19N3O5S. The van der Waals surface area contributed by atoms with Crippen molar-refractivity contribution in [2.75, 3.05) is 13.6 Å². The lowest BCUT2D eigenvalue weighted by Gasteiger charge is -2.19. The van der Waals surface area contributed by atoms with Crippen LogP contribution in [-0.2, 0) is 24.3 Å². The second kappa shape index (κ2) is 6.47. The minimum absolute atomic E-state index is 0.113. The topological polar surface area (TPSA) is 105 Å². The molecule has 1 aromatic rings. The zero-order valence-electron chi connectivity index (χ0n) is 13.9. The molecule has 9 heteroatoms. The lowest BCUT2D eigenvalue weighted by molar-refractivity contribution is -0.154. The Kier molecular flexibility index (Phi) is 4.51. The maximum Gasteiger partial charge on any atom is 0.326 e. The number of sulfonamides is 1. The molecule has 0 bridgehead atoms. The van der Waals surface area contributed by atoms with E-state index in [4.69, 9.17) is 4.74 Å². The van der Waals surface area contributed by atoms with E-state index in [-0.39, 0.29) is 29.2 Å². The Labute approximate surface area is 145 Å². The van der Waals surface area contributed by atoms with Gasteiger partial charge in [-0.3, -0.25) is 9.59 Å². The van der Waals surface area contributed by atoms with Crippen molar-refractivity contribution in [3.8, 4) is 0 Å². The van der Waals surface area contributed by atoms with Crippen LogP contribution in [0.4, 0.5) is 0 Å². The number of rotatable bonds is 5. The van der Waals surface area contributed by atoms with Gasteiger partial charge in [-0.2, -0.15) is 8.42 Å². The fourth-order valence-electron chi connectivity index (χ4n) is 2.47. The van der Waals surface area contributed by atoms with Crippen molar-refractivity contribution in [1.82, 2.24) is 10.2 Å². The molecule has 1 fully saturated rings. The summed E-state index contributed by atoms with van der Waals surface area (Å²) in [6.45, 7) is 1.28. The van der Waals surface area contributed by atoms with Crippen LogP contribution >= 0.6 is 0 Å². The summed E-state index contributed by atoms with van der Waals surface area (Å²) in [7, 11) is -2.20. The van der Waals surface area contributed by atoms with Gasteiger partial charge in [0, 0.05) is 18.7 Å². The number of fused-ring (bicyclic) bond motifs is 1. The van der Waals surface area contributed by atoms with Crippen LogP contribution in [0.3, 0.4) is 0 Å². The highest BCUT2D eigenvalue weighted by Crippen LogP contribution is 2.26. The van der Waals surface area contributed by atoms with E-state index in [9.17, 15) is 18.0 Å². The second-order valence-electron chi connectivity index (χ2n) is 6.16. The van der Waals surface area contributed by atoms with Crippen molar-refractivity contribution in [2.45, 2.75) is 36.8 Å². The summed E-state index contributed by atoms with van der Waals surface area (Å²) >= 11 is 0. The highest BCUT2D eigenvalue weighted by Gasteiger charge is 2.32. The van der Waals surface area contributed by atoms with E-state index in [2.05, 4.69) is 9.71 Å². The van der Waals surface area contributed by atoms with Crippen molar-refractivity contribution in [1.29, 1.82) is 0 Å². The molecule has 8 nitrogen and oxygen atoms in total.